The number of thioether (sulfide) groups is 4. The number of aromatic nitrogens is 3. The van der Waals surface area contributed by atoms with Crippen molar-refractivity contribution in [3.63, 3.8) is 0 Å². The SMILES string of the molecule is Nc1ncnc2c1c(C#CC1=CSC(=C3SC=CS3)S1)cn2[C@H]1C[C@H](O)[C@@H](COP(=O)(O)OP(=O)(O)OP(=O)(O)O)O1. The van der Waals surface area contributed by atoms with Crippen molar-refractivity contribution in [3.05, 3.63) is 47.7 Å². The largest absolute Gasteiger partial charge is 0.490 e. The number of allylic oxidation sites excluding steroid dienone is 1. The van der Waals surface area contributed by atoms with E-state index >= 15 is 0 Å². The zero-order valence-electron chi connectivity index (χ0n) is 20.5. The molecule has 0 saturated carbocycles. The molecule has 5 heterocycles. The number of aliphatic hydroxyl groups is 1. The molecule has 23 heteroatoms. The zero-order valence-corrected chi connectivity index (χ0v) is 26.5. The van der Waals surface area contributed by atoms with Gasteiger partial charge >= 0.3 is 23.5 Å². The van der Waals surface area contributed by atoms with Crippen molar-refractivity contribution in [2.45, 2.75) is 24.9 Å². The summed E-state index contributed by atoms with van der Waals surface area (Å²) in [6, 6.07) is 0. The Bertz CT molecular complexity index is 1710. The fourth-order valence-electron chi connectivity index (χ4n) is 3.76. The Morgan fingerprint density at radius 1 is 1.05 bits per heavy atom. The quantitative estimate of drug-likeness (QED) is 0.168. The van der Waals surface area contributed by atoms with Gasteiger partial charge in [0, 0.05) is 12.6 Å². The Labute approximate surface area is 254 Å². The lowest BCUT2D eigenvalue weighted by Gasteiger charge is -2.19. The number of nitrogen functional groups attached to an aromatic ring is 1. The first-order chi connectivity index (χ1) is 19.7. The minimum Gasteiger partial charge on any atom is -0.390 e. The van der Waals surface area contributed by atoms with Crippen LogP contribution in [0.2, 0.25) is 0 Å². The normalized spacial score (nSPS) is 25.4. The highest BCUT2D eigenvalue weighted by molar-refractivity contribution is 8.33. The third-order valence-electron chi connectivity index (χ3n) is 5.34. The molecule has 3 aliphatic rings. The van der Waals surface area contributed by atoms with Crippen LogP contribution in [-0.2, 0) is 31.6 Å². The van der Waals surface area contributed by atoms with Gasteiger partial charge in [-0.15, -0.1) is 0 Å². The summed E-state index contributed by atoms with van der Waals surface area (Å²) < 4.78 is 56.1. The van der Waals surface area contributed by atoms with E-state index in [-0.39, 0.29) is 12.2 Å². The van der Waals surface area contributed by atoms with Crippen molar-refractivity contribution in [1.29, 1.82) is 0 Å². The lowest BCUT2D eigenvalue weighted by atomic mass is 10.2. The van der Waals surface area contributed by atoms with E-state index in [1.165, 1.54) is 10.6 Å². The standard InChI is InChI=1S/C19H19N4O12P3S4/c20-16-15-10(1-2-11-8-41-19(42-11)18-39-3-4-40-18)6-23(17(15)22-9-21-16)14-5-12(24)13(33-14)7-32-37(28,29)35-38(30,31)34-36(25,26)27/h3-4,6,8-9,12-14,24H,5,7H2,(H,28,29)(H,30,31)(H2,20,21,22)(H2,25,26,27)/t12-,13+,14+/m0/s1. The fraction of sp³-hybridized carbons (Fsp3) is 0.263. The molecule has 2 aromatic heterocycles. The number of fused-ring (bicyclic) bond motifs is 1. The van der Waals surface area contributed by atoms with Crippen LogP contribution in [0.1, 0.15) is 18.2 Å². The molecule has 1 fully saturated rings. The Kier molecular flexibility index (Phi) is 9.80. The van der Waals surface area contributed by atoms with E-state index in [0.29, 0.717) is 16.6 Å². The van der Waals surface area contributed by atoms with Crippen LogP contribution in [0.5, 0.6) is 0 Å². The second kappa shape index (κ2) is 12.7. The summed E-state index contributed by atoms with van der Waals surface area (Å²) in [7, 11) is -16.6. The van der Waals surface area contributed by atoms with Gasteiger partial charge in [0.25, 0.3) is 0 Å². The van der Waals surface area contributed by atoms with Crippen LogP contribution in [-0.4, -0.2) is 58.0 Å². The summed E-state index contributed by atoms with van der Waals surface area (Å²) in [5, 5.41) is 17.0. The molecule has 2 unspecified atom stereocenters. The van der Waals surface area contributed by atoms with Crippen molar-refractivity contribution >= 4 is 87.4 Å². The maximum Gasteiger partial charge on any atom is 0.490 e. The summed E-state index contributed by atoms with van der Waals surface area (Å²) in [4.78, 5) is 45.5. The maximum atomic E-state index is 12.1. The Hall–Kier alpha value is -1.07. The maximum absolute atomic E-state index is 12.1. The number of nitrogens with two attached hydrogens (primary N) is 1. The molecule has 2 aromatic rings. The fourth-order valence-corrected chi connectivity index (χ4v) is 11.0. The van der Waals surface area contributed by atoms with Gasteiger partial charge in [0.1, 0.15) is 30.1 Å². The number of ether oxygens (including phenoxy) is 1. The highest BCUT2D eigenvalue weighted by Crippen LogP contribution is 2.66. The molecule has 7 N–H and O–H groups in total. The average molecular weight is 717 g/mol. The number of phosphoric acid groups is 3. The van der Waals surface area contributed by atoms with Crippen molar-refractivity contribution in [3.8, 4) is 11.8 Å². The predicted molar refractivity (Wildman–Crippen MR) is 158 cm³/mol. The van der Waals surface area contributed by atoms with Gasteiger partial charge < -0.3 is 39.7 Å². The molecule has 0 spiro atoms. The highest BCUT2D eigenvalue weighted by Gasteiger charge is 2.43. The number of phosphoric ester groups is 1. The van der Waals surface area contributed by atoms with Crippen LogP contribution in [0.25, 0.3) is 11.0 Å². The van der Waals surface area contributed by atoms with Gasteiger partial charge in [-0.25, -0.2) is 23.7 Å². The zero-order chi connectivity index (χ0) is 30.3. The smallest absolute Gasteiger partial charge is 0.390 e. The Morgan fingerprint density at radius 3 is 2.50 bits per heavy atom. The molecule has 0 bridgehead atoms. The lowest BCUT2D eigenvalue weighted by Crippen LogP contribution is -2.26. The van der Waals surface area contributed by atoms with Gasteiger partial charge in [-0.1, -0.05) is 58.9 Å². The average Bonchev–Trinajstić information content (AvgIpc) is 3.65. The van der Waals surface area contributed by atoms with Crippen LogP contribution < -0.4 is 5.73 Å². The molecular weight excluding hydrogens is 697 g/mol. The molecule has 16 nitrogen and oxygen atoms in total. The van der Waals surface area contributed by atoms with E-state index in [0.717, 1.165) is 9.14 Å². The van der Waals surface area contributed by atoms with Crippen LogP contribution in [0.4, 0.5) is 5.82 Å². The van der Waals surface area contributed by atoms with Crippen LogP contribution in [0.15, 0.2) is 42.1 Å². The molecule has 42 heavy (non-hydrogen) atoms. The van der Waals surface area contributed by atoms with Crippen molar-refractivity contribution in [2.75, 3.05) is 12.3 Å². The molecular formula is C19H19N4O12P3S4. The first-order valence-corrected chi connectivity index (χ1v) is 19.2. The van der Waals surface area contributed by atoms with Gasteiger partial charge in [-0.05, 0) is 16.2 Å². The monoisotopic (exact) mass is 716 g/mol. The molecule has 226 valence electrons. The van der Waals surface area contributed by atoms with E-state index in [9.17, 15) is 28.6 Å². The van der Waals surface area contributed by atoms with Gasteiger partial charge in [0.2, 0.25) is 0 Å². The lowest BCUT2D eigenvalue weighted by molar-refractivity contribution is -0.0421. The van der Waals surface area contributed by atoms with E-state index in [2.05, 4.69) is 35.0 Å². The number of hydrogen-bond donors (Lipinski definition) is 6. The third-order valence-corrected chi connectivity index (χ3v) is 14.1. The summed E-state index contributed by atoms with van der Waals surface area (Å²) in [5.41, 5.74) is 6.99. The Morgan fingerprint density at radius 2 is 1.79 bits per heavy atom. The molecule has 5 rings (SSSR count). The number of rotatable bonds is 8. The first-order valence-electron chi connectivity index (χ1n) is 11.2. The number of aliphatic hydroxyl groups excluding tert-OH is 1. The molecule has 0 aromatic carbocycles. The van der Waals surface area contributed by atoms with E-state index in [1.807, 2.05) is 16.2 Å². The molecule has 1 saturated heterocycles. The highest BCUT2D eigenvalue weighted by atomic mass is 32.2. The van der Waals surface area contributed by atoms with Gasteiger partial charge in [0.05, 0.1) is 37.0 Å². The molecule has 0 aliphatic carbocycles. The summed E-state index contributed by atoms with van der Waals surface area (Å²) in [5.74, 6) is 6.40. The topological polar surface area (TPSA) is 246 Å². The van der Waals surface area contributed by atoms with E-state index in [1.54, 1.807) is 57.8 Å². The second-order valence-corrected chi connectivity index (χ2v) is 17.0. The van der Waals surface area contributed by atoms with Crippen molar-refractivity contribution in [1.82, 2.24) is 14.5 Å². The molecule has 0 radical (unpaired) electrons. The molecule has 0 amide bonds. The van der Waals surface area contributed by atoms with Crippen molar-refractivity contribution < 1.29 is 56.3 Å². The van der Waals surface area contributed by atoms with Crippen LogP contribution in [0, 0.1) is 11.8 Å². The first kappa shape index (κ1) is 32.3. The van der Waals surface area contributed by atoms with Gasteiger partial charge in [0.15, 0.2) is 0 Å². The number of anilines is 1. The Balaban J connectivity index is 1.30. The molecule has 5 atom stereocenters. The summed E-state index contributed by atoms with van der Waals surface area (Å²) in [6.07, 6.45) is -0.475. The van der Waals surface area contributed by atoms with Crippen LogP contribution in [0.3, 0.4) is 0 Å². The van der Waals surface area contributed by atoms with Gasteiger partial charge in [-0.3, -0.25) is 4.52 Å². The van der Waals surface area contributed by atoms with E-state index in [4.69, 9.17) is 20.3 Å². The number of hydrogen-bond acceptors (Lipinski definition) is 15. The second-order valence-electron chi connectivity index (χ2n) is 8.26. The predicted octanol–water partition coefficient (Wildman–Crippen LogP) is 3.76. The third kappa shape index (κ3) is 7.95. The van der Waals surface area contributed by atoms with Crippen molar-refractivity contribution in [2.24, 2.45) is 0 Å². The summed E-state index contributed by atoms with van der Waals surface area (Å²) in [6.45, 7) is -0.808. The summed E-state index contributed by atoms with van der Waals surface area (Å²) >= 11 is 6.45. The minimum absolute atomic E-state index is 0.0249. The van der Waals surface area contributed by atoms with E-state index < -0.39 is 48.5 Å². The van der Waals surface area contributed by atoms with Gasteiger partial charge in [-0.2, -0.15) is 8.62 Å². The van der Waals surface area contributed by atoms with Crippen LogP contribution >= 0.6 is 70.5 Å². The minimum atomic E-state index is -5.69. The number of nitrogens with zero attached hydrogens (tertiary/aromatic N) is 3. The molecule has 3 aliphatic heterocycles.